The van der Waals surface area contributed by atoms with E-state index in [0.717, 1.165) is 41.8 Å². The molecule has 1 aliphatic carbocycles. The van der Waals surface area contributed by atoms with Crippen molar-refractivity contribution < 1.29 is 26.7 Å². The molecule has 38 heavy (non-hydrogen) atoms. The van der Waals surface area contributed by atoms with Crippen molar-refractivity contribution in [2.45, 2.75) is 49.7 Å². The molecule has 1 aromatic heterocycles. The fourth-order valence-corrected chi connectivity index (χ4v) is 5.28. The van der Waals surface area contributed by atoms with E-state index in [-0.39, 0.29) is 19.0 Å². The summed E-state index contributed by atoms with van der Waals surface area (Å²) < 4.78 is 66.9. The molecule has 2 N–H and O–H groups in total. The van der Waals surface area contributed by atoms with Gasteiger partial charge in [0.1, 0.15) is 5.82 Å². The number of urea groups is 1. The van der Waals surface area contributed by atoms with Gasteiger partial charge in [-0.3, -0.25) is 5.32 Å². The zero-order valence-corrected chi connectivity index (χ0v) is 20.5. The standard InChI is InChI=1S/C27H28F5N5O/c28-26(29,27(30,31)32)14-15-36-16-21(18-8-3-1-4-9-18)23(17-36)33-25(38)34-24-20-12-7-13-22(20)35-37(24)19-10-5-2-6-11-19/h1-6,8-11,21,23H,7,12-17H2,(H2,33,34,38)/t21-,23+/m1/s1. The van der Waals surface area contributed by atoms with Crippen molar-refractivity contribution in [3.8, 4) is 5.69 Å². The molecule has 3 aromatic rings. The predicted octanol–water partition coefficient (Wildman–Crippen LogP) is 5.54. The van der Waals surface area contributed by atoms with Gasteiger partial charge in [-0.15, -0.1) is 0 Å². The third-order valence-electron chi connectivity index (χ3n) is 7.24. The van der Waals surface area contributed by atoms with Crippen molar-refractivity contribution in [3.63, 3.8) is 0 Å². The highest BCUT2D eigenvalue weighted by Crippen LogP contribution is 2.39. The molecular weight excluding hydrogens is 505 g/mol. The van der Waals surface area contributed by atoms with Gasteiger partial charge in [-0.1, -0.05) is 48.5 Å². The molecule has 2 aliphatic rings. The Hall–Kier alpha value is -3.47. The lowest BCUT2D eigenvalue weighted by atomic mass is 9.94. The largest absolute Gasteiger partial charge is 0.453 e. The molecule has 1 fully saturated rings. The first-order valence-corrected chi connectivity index (χ1v) is 12.6. The number of nitrogens with zero attached hydrogens (tertiary/aromatic N) is 3. The maximum atomic E-state index is 13.6. The molecule has 0 spiro atoms. The number of fused-ring (bicyclic) bond motifs is 1. The minimum atomic E-state index is -5.59. The van der Waals surface area contributed by atoms with E-state index >= 15 is 0 Å². The summed E-state index contributed by atoms with van der Waals surface area (Å²) in [7, 11) is 0. The summed E-state index contributed by atoms with van der Waals surface area (Å²) in [5.41, 5.74) is 3.59. The molecule has 1 aliphatic heterocycles. The van der Waals surface area contributed by atoms with Gasteiger partial charge in [0.15, 0.2) is 0 Å². The van der Waals surface area contributed by atoms with Gasteiger partial charge in [0.2, 0.25) is 0 Å². The number of hydrogen-bond donors (Lipinski definition) is 2. The van der Waals surface area contributed by atoms with Crippen LogP contribution < -0.4 is 10.6 Å². The summed E-state index contributed by atoms with van der Waals surface area (Å²) in [5, 5.41) is 10.6. The Morgan fingerprint density at radius 2 is 1.63 bits per heavy atom. The minimum Gasteiger partial charge on any atom is -0.333 e. The Balaban J connectivity index is 1.32. The summed E-state index contributed by atoms with van der Waals surface area (Å²) in [5.74, 6) is -4.46. The molecule has 11 heteroatoms. The number of halogens is 5. The Morgan fingerprint density at radius 3 is 2.32 bits per heavy atom. The number of carbonyl (C=O) groups is 1. The quantitative estimate of drug-likeness (QED) is 0.392. The van der Waals surface area contributed by atoms with Crippen LogP contribution in [0.25, 0.3) is 5.69 Å². The molecule has 0 radical (unpaired) electrons. The lowest BCUT2D eigenvalue weighted by Gasteiger charge is -2.23. The Bertz CT molecular complexity index is 1260. The van der Waals surface area contributed by atoms with Crippen LogP contribution in [-0.4, -0.2) is 58.5 Å². The summed E-state index contributed by atoms with van der Waals surface area (Å²) in [4.78, 5) is 14.8. The fraction of sp³-hybridized carbons (Fsp3) is 0.407. The molecule has 0 saturated carbocycles. The molecule has 2 heterocycles. The van der Waals surface area contributed by atoms with Crippen molar-refractivity contribution in [2.75, 3.05) is 25.0 Å². The Kier molecular flexibility index (Phi) is 7.13. The number of anilines is 1. The van der Waals surface area contributed by atoms with Crippen LogP contribution in [0.15, 0.2) is 60.7 Å². The van der Waals surface area contributed by atoms with Gasteiger partial charge in [0, 0.05) is 37.5 Å². The number of amides is 2. The van der Waals surface area contributed by atoms with Gasteiger partial charge in [-0.05, 0) is 37.0 Å². The van der Waals surface area contributed by atoms with E-state index in [1.54, 1.807) is 9.58 Å². The third-order valence-corrected chi connectivity index (χ3v) is 7.24. The molecule has 1 saturated heterocycles. The number of aromatic nitrogens is 2. The second kappa shape index (κ2) is 10.4. The second-order valence-corrected chi connectivity index (χ2v) is 9.81. The smallest absolute Gasteiger partial charge is 0.333 e. The molecule has 2 aromatic carbocycles. The van der Waals surface area contributed by atoms with Crippen molar-refractivity contribution >= 4 is 11.8 Å². The topological polar surface area (TPSA) is 62.2 Å². The zero-order chi connectivity index (χ0) is 26.9. The lowest BCUT2D eigenvalue weighted by molar-refractivity contribution is -0.284. The van der Waals surface area contributed by atoms with Crippen LogP contribution in [0.4, 0.5) is 32.6 Å². The van der Waals surface area contributed by atoms with Gasteiger partial charge in [-0.2, -0.15) is 27.1 Å². The fourth-order valence-electron chi connectivity index (χ4n) is 5.28. The number of likely N-dealkylation sites (tertiary alicyclic amines) is 1. The van der Waals surface area contributed by atoms with E-state index in [1.807, 2.05) is 60.7 Å². The summed E-state index contributed by atoms with van der Waals surface area (Å²) >= 11 is 0. The Morgan fingerprint density at radius 1 is 0.947 bits per heavy atom. The number of alkyl halides is 5. The van der Waals surface area contributed by atoms with Crippen molar-refractivity contribution in [3.05, 3.63) is 77.5 Å². The normalized spacial score (nSPS) is 19.9. The van der Waals surface area contributed by atoms with Crippen LogP contribution >= 0.6 is 0 Å². The highest BCUT2D eigenvalue weighted by atomic mass is 19.4. The zero-order valence-electron chi connectivity index (χ0n) is 20.5. The van der Waals surface area contributed by atoms with Crippen LogP contribution in [0, 0.1) is 0 Å². The SMILES string of the molecule is O=C(Nc1c2c(nn1-c1ccccc1)CCC2)N[C@H]1CN(CCC(F)(F)C(F)(F)F)C[C@@H]1c1ccccc1. The lowest BCUT2D eigenvalue weighted by Crippen LogP contribution is -2.43. The van der Waals surface area contributed by atoms with Crippen LogP contribution in [0.1, 0.15) is 35.6 Å². The average Bonchev–Trinajstić information content (AvgIpc) is 3.59. The van der Waals surface area contributed by atoms with Crippen molar-refractivity contribution in [1.82, 2.24) is 20.0 Å². The molecule has 2 atom stereocenters. The number of carbonyl (C=O) groups excluding carboxylic acids is 1. The summed E-state index contributed by atoms with van der Waals surface area (Å²) in [6, 6.07) is 17.7. The van der Waals surface area contributed by atoms with Crippen LogP contribution in [-0.2, 0) is 12.8 Å². The number of benzene rings is 2. The summed E-state index contributed by atoms with van der Waals surface area (Å²) in [6.07, 6.45) is -4.37. The van der Waals surface area contributed by atoms with E-state index in [4.69, 9.17) is 5.10 Å². The van der Waals surface area contributed by atoms with Crippen LogP contribution in [0.3, 0.4) is 0 Å². The van der Waals surface area contributed by atoms with Gasteiger partial charge >= 0.3 is 18.1 Å². The molecule has 202 valence electrons. The Labute approximate surface area is 216 Å². The van der Waals surface area contributed by atoms with Crippen LogP contribution in [0.5, 0.6) is 0 Å². The minimum absolute atomic E-state index is 0.150. The molecule has 5 rings (SSSR count). The van der Waals surface area contributed by atoms with E-state index < -0.39 is 37.1 Å². The van der Waals surface area contributed by atoms with E-state index in [1.165, 1.54) is 0 Å². The van der Waals surface area contributed by atoms with E-state index in [9.17, 15) is 26.7 Å². The molecule has 0 unspecified atom stereocenters. The van der Waals surface area contributed by atoms with E-state index in [0.29, 0.717) is 5.82 Å². The highest BCUT2D eigenvalue weighted by Gasteiger charge is 2.57. The first-order chi connectivity index (χ1) is 18.1. The first kappa shape index (κ1) is 26.1. The van der Waals surface area contributed by atoms with Crippen LogP contribution in [0.2, 0.25) is 0 Å². The predicted molar refractivity (Wildman–Crippen MR) is 133 cm³/mol. The maximum Gasteiger partial charge on any atom is 0.453 e. The van der Waals surface area contributed by atoms with Gasteiger partial charge in [0.05, 0.1) is 17.4 Å². The average molecular weight is 534 g/mol. The van der Waals surface area contributed by atoms with Gasteiger partial charge in [0.25, 0.3) is 0 Å². The first-order valence-electron chi connectivity index (χ1n) is 12.6. The van der Waals surface area contributed by atoms with Crippen molar-refractivity contribution in [1.29, 1.82) is 0 Å². The number of nitrogens with one attached hydrogen (secondary N) is 2. The van der Waals surface area contributed by atoms with Gasteiger partial charge in [-0.25, -0.2) is 9.48 Å². The van der Waals surface area contributed by atoms with Gasteiger partial charge < -0.3 is 10.2 Å². The number of aryl methyl sites for hydroxylation is 1. The second-order valence-electron chi connectivity index (χ2n) is 9.81. The maximum absolute atomic E-state index is 13.6. The molecule has 0 bridgehead atoms. The number of hydrogen-bond acceptors (Lipinski definition) is 3. The summed E-state index contributed by atoms with van der Waals surface area (Å²) in [6.45, 7) is -0.0405. The number of rotatable bonds is 7. The molecule has 2 amide bonds. The monoisotopic (exact) mass is 533 g/mol. The number of para-hydroxylation sites is 1. The van der Waals surface area contributed by atoms with Crippen molar-refractivity contribution in [2.24, 2.45) is 0 Å². The third kappa shape index (κ3) is 5.38. The molecular formula is C27H28F5N5O. The highest BCUT2D eigenvalue weighted by molar-refractivity contribution is 5.90. The molecule has 6 nitrogen and oxygen atoms in total. The van der Waals surface area contributed by atoms with E-state index in [2.05, 4.69) is 10.6 Å².